The first kappa shape index (κ1) is 15.5. The van der Waals surface area contributed by atoms with Gasteiger partial charge in [0.2, 0.25) is 0 Å². The maximum atomic E-state index is 5.62. The van der Waals surface area contributed by atoms with Crippen molar-refractivity contribution < 1.29 is 9.15 Å². The van der Waals surface area contributed by atoms with Gasteiger partial charge < -0.3 is 14.5 Å². The topological polar surface area (TPSA) is 37.6 Å². The molecule has 1 fully saturated rings. The fourth-order valence-corrected chi connectivity index (χ4v) is 2.68. The van der Waals surface area contributed by atoms with Gasteiger partial charge in [0, 0.05) is 32.3 Å². The van der Waals surface area contributed by atoms with Crippen LogP contribution in [-0.2, 0) is 17.8 Å². The Labute approximate surface area is 122 Å². The monoisotopic (exact) mass is 280 g/mol. The van der Waals surface area contributed by atoms with E-state index in [1.807, 2.05) is 13.4 Å². The van der Waals surface area contributed by atoms with E-state index in [-0.39, 0.29) is 0 Å². The van der Waals surface area contributed by atoms with E-state index in [0.717, 1.165) is 51.3 Å². The van der Waals surface area contributed by atoms with Crippen LogP contribution in [0.25, 0.3) is 0 Å². The molecule has 1 aromatic heterocycles. The zero-order chi connectivity index (χ0) is 14.4. The van der Waals surface area contributed by atoms with Crippen molar-refractivity contribution in [1.29, 1.82) is 0 Å². The number of rotatable bonds is 7. The van der Waals surface area contributed by atoms with Gasteiger partial charge in [-0.25, -0.2) is 0 Å². The quantitative estimate of drug-likeness (QED) is 0.833. The van der Waals surface area contributed by atoms with Gasteiger partial charge in [0.05, 0.1) is 18.9 Å². The molecular formula is C16H28N2O2. The van der Waals surface area contributed by atoms with E-state index in [1.54, 1.807) is 0 Å². The number of nitrogens with one attached hydrogen (secondary N) is 1. The smallest absolute Gasteiger partial charge is 0.122 e. The van der Waals surface area contributed by atoms with Gasteiger partial charge in [-0.15, -0.1) is 0 Å². The van der Waals surface area contributed by atoms with Crippen molar-refractivity contribution in [3.05, 3.63) is 23.7 Å². The summed E-state index contributed by atoms with van der Waals surface area (Å²) in [5, 5.41) is 3.45. The van der Waals surface area contributed by atoms with Gasteiger partial charge in [0.1, 0.15) is 5.76 Å². The molecule has 0 unspecified atom stereocenters. The Bertz CT molecular complexity index is 382. The van der Waals surface area contributed by atoms with Crippen LogP contribution in [0, 0.1) is 5.92 Å². The lowest BCUT2D eigenvalue weighted by molar-refractivity contribution is 0.0387. The number of methoxy groups -OCH3 is 1. The zero-order valence-corrected chi connectivity index (χ0v) is 13.0. The number of hydrogen-bond donors (Lipinski definition) is 1. The molecule has 0 aliphatic carbocycles. The number of nitrogens with zero attached hydrogens (tertiary/aromatic N) is 1. The van der Waals surface area contributed by atoms with Crippen molar-refractivity contribution in [3.63, 3.8) is 0 Å². The van der Waals surface area contributed by atoms with Gasteiger partial charge in [-0.05, 0) is 31.4 Å². The summed E-state index contributed by atoms with van der Waals surface area (Å²) in [6.07, 6.45) is 4.52. The molecule has 0 spiro atoms. The average molecular weight is 280 g/mol. The van der Waals surface area contributed by atoms with Crippen molar-refractivity contribution in [1.82, 2.24) is 10.2 Å². The lowest BCUT2D eigenvalue weighted by Gasteiger charge is -2.31. The van der Waals surface area contributed by atoms with E-state index in [2.05, 4.69) is 30.1 Å². The largest absolute Gasteiger partial charge is 0.468 e. The van der Waals surface area contributed by atoms with Crippen LogP contribution in [-0.4, -0.2) is 37.7 Å². The Balaban J connectivity index is 1.80. The predicted octanol–water partition coefficient (Wildman–Crippen LogP) is 2.64. The van der Waals surface area contributed by atoms with E-state index >= 15 is 0 Å². The molecule has 4 heteroatoms. The first-order chi connectivity index (χ1) is 9.69. The average Bonchev–Trinajstić information content (AvgIpc) is 2.87. The Hall–Kier alpha value is -0.840. The van der Waals surface area contributed by atoms with E-state index in [4.69, 9.17) is 9.15 Å². The van der Waals surface area contributed by atoms with Crippen molar-refractivity contribution in [2.24, 2.45) is 5.92 Å². The summed E-state index contributed by atoms with van der Waals surface area (Å²) in [7, 11) is 1.81. The lowest BCUT2D eigenvalue weighted by Crippen LogP contribution is -2.36. The number of furan rings is 1. The maximum Gasteiger partial charge on any atom is 0.122 e. The van der Waals surface area contributed by atoms with E-state index in [9.17, 15) is 0 Å². The minimum atomic E-state index is 0.447. The summed E-state index contributed by atoms with van der Waals surface area (Å²) in [5.74, 6) is 1.75. The van der Waals surface area contributed by atoms with Crippen LogP contribution in [0.3, 0.4) is 0 Å². The lowest BCUT2D eigenvalue weighted by atomic mass is 10.1. The highest BCUT2D eigenvalue weighted by Gasteiger charge is 2.20. The summed E-state index contributed by atoms with van der Waals surface area (Å²) < 4.78 is 11.0. The maximum absolute atomic E-state index is 5.62. The molecule has 1 aromatic rings. The molecule has 0 amide bonds. The minimum absolute atomic E-state index is 0.447. The highest BCUT2D eigenvalue weighted by Crippen LogP contribution is 2.18. The van der Waals surface area contributed by atoms with Crippen LogP contribution in [0.2, 0.25) is 0 Å². The Kier molecular flexibility index (Phi) is 6.07. The molecule has 20 heavy (non-hydrogen) atoms. The third kappa shape index (κ3) is 4.62. The molecule has 0 radical (unpaired) electrons. The van der Waals surface area contributed by atoms with Crippen molar-refractivity contribution in [2.45, 2.75) is 45.9 Å². The van der Waals surface area contributed by atoms with Gasteiger partial charge in [-0.3, -0.25) is 4.90 Å². The van der Waals surface area contributed by atoms with Crippen LogP contribution in [0.4, 0.5) is 0 Å². The Morgan fingerprint density at radius 2 is 2.15 bits per heavy atom. The number of ether oxygens (including phenoxy) is 1. The molecule has 1 aliphatic rings. The zero-order valence-electron chi connectivity index (χ0n) is 13.0. The number of hydrogen-bond acceptors (Lipinski definition) is 4. The molecule has 2 rings (SSSR count). The van der Waals surface area contributed by atoms with Gasteiger partial charge in [0.25, 0.3) is 0 Å². The molecule has 0 bridgehead atoms. The van der Waals surface area contributed by atoms with Gasteiger partial charge in [-0.2, -0.15) is 0 Å². The summed E-state index contributed by atoms with van der Waals surface area (Å²) in [5.41, 5.74) is 1.32. The van der Waals surface area contributed by atoms with Gasteiger partial charge in [-0.1, -0.05) is 13.8 Å². The van der Waals surface area contributed by atoms with Crippen LogP contribution in [0.5, 0.6) is 0 Å². The molecular weight excluding hydrogens is 252 g/mol. The van der Waals surface area contributed by atoms with Crippen LogP contribution in [0.15, 0.2) is 16.7 Å². The number of likely N-dealkylation sites (tertiary alicyclic amines) is 1. The normalized spacial score (nSPS) is 18.0. The molecule has 1 N–H and O–H groups in total. The van der Waals surface area contributed by atoms with E-state index in [0.29, 0.717) is 12.0 Å². The van der Waals surface area contributed by atoms with E-state index < -0.39 is 0 Å². The Morgan fingerprint density at radius 3 is 2.80 bits per heavy atom. The van der Waals surface area contributed by atoms with Gasteiger partial charge in [0.15, 0.2) is 0 Å². The van der Waals surface area contributed by atoms with Crippen LogP contribution in [0.1, 0.15) is 38.0 Å². The first-order valence-corrected chi connectivity index (χ1v) is 7.70. The van der Waals surface area contributed by atoms with Crippen LogP contribution >= 0.6 is 0 Å². The molecule has 114 valence electrons. The second kappa shape index (κ2) is 7.81. The second-order valence-electron chi connectivity index (χ2n) is 6.10. The highest BCUT2D eigenvalue weighted by atomic mass is 16.5. The summed E-state index contributed by atoms with van der Waals surface area (Å²) >= 11 is 0. The molecule has 0 atom stereocenters. The van der Waals surface area contributed by atoms with Gasteiger partial charge >= 0.3 is 0 Å². The minimum Gasteiger partial charge on any atom is -0.468 e. The summed E-state index contributed by atoms with van der Waals surface area (Å²) in [6, 6.07) is 2.11. The third-order valence-corrected chi connectivity index (χ3v) is 3.94. The summed E-state index contributed by atoms with van der Waals surface area (Å²) in [6.45, 7) is 9.51. The molecule has 2 heterocycles. The number of piperidine rings is 1. The fraction of sp³-hybridized carbons (Fsp3) is 0.750. The highest BCUT2D eigenvalue weighted by molar-refractivity contribution is 5.17. The van der Waals surface area contributed by atoms with Crippen molar-refractivity contribution >= 4 is 0 Å². The van der Waals surface area contributed by atoms with Crippen molar-refractivity contribution in [3.8, 4) is 0 Å². The molecule has 0 saturated carbocycles. The fourth-order valence-electron chi connectivity index (χ4n) is 2.68. The predicted molar refractivity (Wildman–Crippen MR) is 80.6 cm³/mol. The molecule has 1 saturated heterocycles. The van der Waals surface area contributed by atoms with E-state index in [1.165, 1.54) is 5.56 Å². The SMILES string of the molecule is COC1CCN(Cc2ccoc2CNCC(C)C)CC1. The van der Waals surface area contributed by atoms with Crippen molar-refractivity contribution in [2.75, 3.05) is 26.7 Å². The Morgan fingerprint density at radius 1 is 1.40 bits per heavy atom. The summed E-state index contributed by atoms with van der Waals surface area (Å²) in [4.78, 5) is 2.49. The van der Waals surface area contributed by atoms with Crippen LogP contribution < -0.4 is 5.32 Å². The molecule has 4 nitrogen and oxygen atoms in total. The second-order valence-corrected chi connectivity index (χ2v) is 6.10. The standard InChI is InChI=1S/C16H28N2O2/c1-13(2)10-17-11-16-14(6-9-20-16)12-18-7-4-15(19-3)5-8-18/h6,9,13,15,17H,4-5,7-8,10-12H2,1-3H3. The first-order valence-electron chi connectivity index (χ1n) is 7.70. The third-order valence-electron chi connectivity index (χ3n) is 3.94. The molecule has 0 aromatic carbocycles. The molecule has 1 aliphatic heterocycles.